The van der Waals surface area contributed by atoms with Gasteiger partial charge in [-0.3, -0.25) is 4.79 Å². The molecular formula is C38H30BrCl2F6N3O4. The summed E-state index contributed by atoms with van der Waals surface area (Å²) in [7, 11) is 0. The Morgan fingerprint density at radius 3 is 2.19 bits per heavy atom. The Morgan fingerprint density at radius 1 is 1.00 bits per heavy atom. The number of halogens is 9. The lowest BCUT2D eigenvalue weighted by Gasteiger charge is -2.15. The minimum absolute atomic E-state index is 0.0978. The van der Waals surface area contributed by atoms with Crippen molar-refractivity contribution in [3.63, 3.8) is 0 Å². The molecule has 284 valence electrons. The number of allylic oxidation sites excluding steroid dienone is 2. The van der Waals surface area contributed by atoms with Gasteiger partial charge in [-0.05, 0) is 76.1 Å². The van der Waals surface area contributed by atoms with E-state index in [0.717, 1.165) is 10.6 Å². The molecule has 1 aliphatic rings. The number of benzene rings is 3. The Balaban J connectivity index is 0.000000252. The van der Waals surface area contributed by atoms with Gasteiger partial charge in [-0.25, -0.2) is 0 Å². The summed E-state index contributed by atoms with van der Waals surface area (Å²) in [4.78, 5) is 12.6. The summed E-state index contributed by atoms with van der Waals surface area (Å²) in [6.45, 7) is 4.91. The molecule has 7 nitrogen and oxygen atoms in total. The highest BCUT2D eigenvalue weighted by molar-refractivity contribution is 9.10. The van der Waals surface area contributed by atoms with Gasteiger partial charge in [0.2, 0.25) is 6.10 Å². The maximum absolute atomic E-state index is 13.4. The van der Waals surface area contributed by atoms with E-state index in [1.807, 2.05) is 30.3 Å². The van der Waals surface area contributed by atoms with Crippen molar-refractivity contribution >= 4 is 45.1 Å². The van der Waals surface area contributed by atoms with Crippen molar-refractivity contribution in [1.82, 2.24) is 4.57 Å². The zero-order valence-corrected chi connectivity index (χ0v) is 31.7. The predicted octanol–water partition coefficient (Wildman–Crippen LogP) is 12.0. The van der Waals surface area contributed by atoms with Gasteiger partial charge in [0.05, 0.1) is 21.6 Å². The van der Waals surface area contributed by atoms with E-state index in [2.05, 4.69) is 15.9 Å². The third-order valence-electron chi connectivity index (χ3n) is 8.38. The van der Waals surface area contributed by atoms with Crippen LogP contribution in [0.5, 0.6) is 11.5 Å². The largest absolute Gasteiger partial charge is 0.457 e. The quantitative estimate of drug-likeness (QED) is 0.116. The summed E-state index contributed by atoms with van der Waals surface area (Å²) < 4.78 is 95.3. The molecule has 0 aliphatic heterocycles. The van der Waals surface area contributed by atoms with Crippen molar-refractivity contribution in [2.24, 2.45) is 17.3 Å². The smallest absolute Gasteiger partial charge is 0.432 e. The average Bonchev–Trinajstić information content (AvgIpc) is 3.52. The van der Waals surface area contributed by atoms with Crippen LogP contribution in [-0.4, -0.2) is 23.3 Å². The molecule has 4 aromatic rings. The summed E-state index contributed by atoms with van der Waals surface area (Å²) in [6.07, 6.45) is -9.70. The normalized spacial score (nSPS) is 17.0. The number of aromatic nitrogens is 1. The Bertz CT molecular complexity index is 2070. The van der Waals surface area contributed by atoms with Gasteiger partial charge in [0.25, 0.3) is 0 Å². The Morgan fingerprint density at radius 2 is 1.63 bits per heavy atom. The van der Waals surface area contributed by atoms with E-state index in [1.54, 1.807) is 81.4 Å². The van der Waals surface area contributed by atoms with Gasteiger partial charge in [0.15, 0.2) is 0 Å². The standard InChI is InChI=1S/C23H19ClF3NO3.C15H11BrClF3N2O/c1-22(2)17(12-19(24)23(25,26)27)20(22)21(29)31-18(13-28)14-7-6-10-16(11-14)30-15-8-4-3-5-9-15;1-2-23-8-22-13(9-3-5-10(17)6-4-9)11(7-21)12(16)14(22)15(18,19)20/h3-12,17-18,20H,1-2H3;3-6H,2,8H2,1H3/b19-12-;/t17-,18?,20-;/m0./s1. The van der Waals surface area contributed by atoms with Crippen LogP contribution in [0.1, 0.15) is 43.7 Å². The van der Waals surface area contributed by atoms with Gasteiger partial charge in [0, 0.05) is 17.2 Å². The van der Waals surface area contributed by atoms with Crippen LogP contribution in [0.15, 0.2) is 94.4 Å². The van der Waals surface area contributed by atoms with Gasteiger partial charge >= 0.3 is 18.3 Å². The summed E-state index contributed by atoms with van der Waals surface area (Å²) in [5, 5.41) is 18.0. The van der Waals surface area contributed by atoms with Crippen LogP contribution in [0.3, 0.4) is 0 Å². The number of para-hydroxylation sites is 1. The molecule has 1 fully saturated rings. The maximum Gasteiger partial charge on any atom is 0.432 e. The molecule has 0 bridgehead atoms. The second-order valence-corrected chi connectivity index (χ2v) is 14.0. The molecular weight excluding hydrogens is 827 g/mol. The third kappa shape index (κ3) is 9.98. The van der Waals surface area contributed by atoms with Crippen LogP contribution >= 0.6 is 39.1 Å². The van der Waals surface area contributed by atoms with E-state index >= 15 is 0 Å². The maximum atomic E-state index is 13.4. The first-order valence-corrected chi connectivity index (χ1v) is 17.5. The minimum atomic E-state index is -4.68. The topological polar surface area (TPSA) is 97.3 Å². The molecule has 1 heterocycles. The van der Waals surface area contributed by atoms with Gasteiger partial charge < -0.3 is 18.8 Å². The third-order valence-corrected chi connectivity index (χ3v) is 9.74. The number of nitriles is 2. The molecule has 3 atom stereocenters. The first kappa shape index (κ1) is 42.3. The van der Waals surface area contributed by atoms with Crippen molar-refractivity contribution < 1.29 is 45.3 Å². The monoisotopic (exact) mass is 855 g/mol. The molecule has 0 radical (unpaired) electrons. The first-order chi connectivity index (χ1) is 25.3. The summed E-state index contributed by atoms with van der Waals surface area (Å²) in [6, 6.07) is 25.5. The lowest BCUT2D eigenvalue weighted by molar-refractivity contribution is -0.149. The van der Waals surface area contributed by atoms with E-state index in [1.165, 1.54) is 0 Å². The molecule has 0 amide bonds. The average molecular weight is 857 g/mol. The highest BCUT2D eigenvalue weighted by Gasteiger charge is 2.62. The number of nitrogens with zero attached hydrogens (tertiary/aromatic N) is 3. The predicted molar refractivity (Wildman–Crippen MR) is 192 cm³/mol. The number of rotatable bonds is 10. The van der Waals surface area contributed by atoms with Gasteiger partial charge in [-0.15, -0.1) is 0 Å². The molecule has 5 rings (SSSR count). The van der Waals surface area contributed by atoms with E-state index in [4.69, 9.17) is 37.4 Å². The van der Waals surface area contributed by atoms with Crippen LogP contribution in [0.2, 0.25) is 5.02 Å². The highest BCUT2D eigenvalue weighted by Crippen LogP contribution is 2.61. The van der Waals surface area contributed by atoms with Crippen LogP contribution < -0.4 is 4.74 Å². The molecule has 16 heteroatoms. The Labute approximate surface area is 325 Å². The second-order valence-electron chi connectivity index (χ2n) is 12.3. The number of carbonyl (C=O) groups excluding carboxylic acids is 1. The zero-order chi connectivity index (χ0) is 40.0. The highest BCUT2D eigenvalue weighted by atomic mass is 79.9. The van der Waals surface area contributed by atoms with Crippen LogP contribution in [0, 0.1) is 39.9 Å². The van der Waals surface area contributed by atoms with E-state index in [-0.39, 0.29) is 29.1 Å². The fraction of sp³-hybridized carbons (Fsp3) is 0.289. The van der Waals surface area contributed by atoms with Crippen molar-refractivity contribution in [1.29, 1.82) is 10.5 Å². The van der Waals surface area contributed by atoms with Crippen molar-refractivity contribution in [2.45, 2.75) is 46.0 Å². The number of hydrogen-bond donors (Lipinski definition) is 0. The first-order valence-electron chi connectivity index (χ1n) is 16.0. The molecule has 1 aromatic heterocycles. The fourth-order valence-corrected chi connectivity index (χ4v) is 6.58. The Kier molecular flexibility index (Phi) is 13.6. The van der Waals surface area contributed by atoms with Crippen LogP contribution in [0.4, 0.5) is 26.3 Å². The van der Waals surface area contributed by atoms with Crippen LogP contribution in [-0.2, 0) is 27.2 Å². The molecule has 1 unspecified atom stereocenters. The summed E-state index contributed by atoms with van der Waals surface area (Å²) >= 11 is 14.0. The zero-order valence-electron chi connectivity index (χ0n) is 28.6. The van der Waals surface area contributed by atoms with Crippen molar-refractivity contribution in [2.75, 3.05) is 6.61 Å². The fourth-order valence-electron chi connectivity index (χ4n) is 5.60. The van der Waals surface area contributed by atoms with Crippen molar-refractivity contribution in [3.8, 4) is 34.9 Å². The molecule has 0 saturated heterocycles. The van der Waals surface area contributed by atoms with E-state index < -0.39 is 52.4 Å². The number of ether oxygens (including phenoxy) is 3. The number of hydrogen-bond acceptors (Lipinski definition) is 6. The van der Waals surface area contributed by atoms with E-state index in [9.17, 15) is 41.7 Å². The van der Waals surface area contributed by atoms with Crippen molar-refractivity contribution in [3.05, 3.63) is 116 Å². The second kappa shape index (κ2) is 17.3. The number of esters is 1. The minimum Gasteiger partial charge on any atom is -0.457 e. The molecule has 3 aromatic carbocycles. The lowest BCUT2D eigenvalue weighted by Crippen LogP contribution is -2.16. The molecule has 1 aliphatic carbocycles. The van der Waals surface area contributed by atoms with Gasteiger partial charge in [-0.1, -0.05) is 85.6 Å². The number of carbonyl (C=O) groups is 1. The summed E-state index contributed by atoms with van der Waals surface area (Å²) in [5.74, 6) is -1.27. The number of alkyl halides is 6. The molecule has 0 spiro atoms. The SMILES string of the molecule is CC1(C)[C@H](C(=O)OC(C#N)c2cccc(Oc3ccccc3)c2)[C@@H]1/C=C(\Cl)C(F)(F)F.CCOCn1c(-c2ccc(Cl)cc2)c(C#N)c(Br)c1C(F)(F)F. The summed E-state index contributed by atoms with van der Waals surface area (Å²) in [5.41, 5.74) is -0.838. The molecule has 54 heavy (non-hydrogen) atoms. The molecule has 1 saturated carbocycles. The van der Waals surface area contributed by atoms with E-state index in [0.29, 0.717) is 27.6 Å². The Hall–Kier alpha value is -4.47. The lowest BCUT2D eigenvalue weighted by atomic mass is 10.1. The van der Waals surface area contributed by atoms with Gasteiger partial charge in [-0.2, -0.15) is 36.9 Å². The molecule has 0 N–H and O–H groups in total. The van der Waals surface area contributed by atoms with Gasteiger partial charge in [0.1, 0.15) is 41.1 Å². The van der Waals surface area contributed by atoms with Crippen LogP contribution in [0.25, 0.3) is 11.3 Å².